The second kappa shape index (κ2) is 11.5. The molecule has 0 aliphatic carbocycles. The van der Waals surface area contributed by atoms with Crippen LogP contribution in [0.1, 0.15) is 34.7 Å². The molecule has 6 nitrogen and oxygen atoms in total. The van der Waals surface area contributed by atoms with Gasteiger partial charge < -0.3 is 19.5 Å². The van der Waals surface area contributed by atoms with E-state index in [1.165, 1.54) is 4.90 Å². The summed E-state index contributed by atoms with van der Waals surface area (Å²) in [7, 11) is 1.59. The summed E-state index contributed by atoms with van der Waals surface area (Å²) in [5.41, 5.74) is 3.47. The highest BCUT2D eigenvalue weighted by Gasteiger charge is 2.45. The van der Waals surface area contributed by atoms with Crippen molar-refractivity contribution in [1.29, 1.82) is 0 Å². The molecule has 0 saturated carbocycles. The number of methoxy groups -OCH3 is 1. The van der Waals surface area contributed by atoms with Crippen molar-refractivity contribution in [3.05, 3.63) is 105 Å². The van der Waals surface area contributed by atoms with Gasteiger partial charge in [-0.15, -0.1) is 0 Å². The number of ketones is 1. The summed E-state index contributed by atoms with van der Waals surface area (Å²) in [4.78, 5) is 27.6. The van der Waals surface area contributed by atoms with E-state index in [0.29, 0.717) is 37.5 Å². The molecule has 0 spiro atoms. The molecule has 1 fully saturated rings. The molecule has 1 atom stereocenters. The minimum absolute atomic E-state index is 0.0731. The van der Waals surface area contributed by atoms with Crippen LogP contribution in [0.5, 0.6) is 5.75 Å². The molecule has 0 bridgehead atoms. The average Bonchev–Trinajstić information content (AvgIpc) is 3.13. The van der Waals surface area contributed by atoms with E-state index in [0.717, 1.165) is 21.2 Å². The number of aliphatic hydroxyl groups excluding tert-OH is 1. The monoisotopic (exact) mass is 549 g/mol. The molecule has 1 unspecified atom stereocenters. The molecule has 3 aromatic rings. The Hall–Kier alpha value is -3.42. The van der Waals surface area contributed by atoms with Crippen LogP contribution in [0.4, 0.5) is 0 Å². The third-order valence-corrected chi connectivity index (χ3v) is 6.56. The van der Waals surface area contributed by atoms with E-state index < -0.39 is 17.7 Å². The summed E-state index contributed by atoms with van der Waals surface area (Å²) in [6.07, 6.45) is 0.570. The molecule has 4 rings (SSSR count). The number of rotatable bonds is 9. The number of hydrogen-bond acceptors (Lipinski definition) is 5. The first-order chi connectivity index (χ1) is 17.4. The normalized spacial score (nSPS) is 17.0. The van der Waals surface area contributed by atoms with Gasteiger partial charge in [0, 0.05) is 30.3 Å². The standard InChI is InChI=1S/C29H28BrNO5/c1-19-6-3-7-20(16-19)18-36-24-12-10-21(11-13-24)27(32)25-26(22-8-4-9-23(30)17-22)31(14-5-15-35-2)29(34)28(25)33/h3-4,6-13,16-17,26,32H,5,14-15,18H2,1-2H3/b27-25+. The van der Waals surface area contributed by atoms with Crippen LogP contribution in [0.2, 0.25) is 0 Å². The second-order valence-electron chi connectivity index (χ2n) is 8.70. The molecule has 1 aliphatic heterocycles. The smallest absolute Gasteiger partial charge is 0.295 e. The summed E-state index contributed by atoms with van der Waals surface area (Å²) in [6.45, 7) is 3.24. The van der Waals surface area contributed by atoms with Gasteiger partial charge in [0.25, 0.3) is 11.7 Å². The molecule has 1 amide bonds. The zero-order valence-electron chi connectivity index (χ0n) is 20.2. The molecule has 36 heavy (non-hydrogen) atoms. The van der Waals surface area contributed by atoms with E-state index in [9.17, 15) is 14.7 Å². The van der Waals surface area contributed by atoms with Crippen LogP contribution in [0.3, 0.4) is 0 Å². The first kappa shape index (κ1) is 25.7. The minimum Gasteiger partial charge on any atom is -0.507 e. The molecule has 186 valence electrons. The number of ether oxygens (including phenoxy) is 2. The fourth-order valence-corrected chi connectivity index (χ4v) is 4.76. The Balaban J connectivity index is 1.63. The van der Waals surface area contributed by atoms with Gasteiger partial charge in [-0.05, 0) is 60.9 Å². The highest BCUT2D eigenvalue weighted by molar-refractivity contribution is 9.10. The number of halogens is 1. The van der Waals surface area contributed by atoms with E-state index >= 15 is 0 Å². The number of aryl methyl sites for hydroxylation is 1. The lowest BCUT2D eigenvalue weighted by Gasteiger charge is -2.25. The van der Waals surface area contributed by atoms with Crippen LogP contribution in [0.15, 0.2) is 82.8 Å². The third-order valence-electron chi connectivity index (χ3n) is 6.07. The van der Waals surface area contributed by atoms with Crippen molar-refractivity contribution < 1.29 is 24.2 Å². The second-order valence-corrected chi connectivity index (χ2v) is 9.61. The van der Waals surface area contributed by atoms with Crippen LogP contribution in [0.25, 0.3) is 5.76 Å². The van der Waals surface area contributed by atoms with Crippen molar-refractivity contribution in [2.24, 2.45) is 0 Å². The lowest BCUT2D eigenvalue weighted by Crippen LogP contribution is -2.31. The SMILES string of the molecule is COCCCN1C(=O)C(=O)/C(=C(/O)c2ccc(OCc3cccc(C)c3)cc2)C1c1cccc(Br)c1. The van der Waals surface area contributed by atoms with Gasteiger partial charge in [-0.25, -0.2) is 0 Å². The Bertz CT molecular complexity index is 1280. The van der Waals surface area contributed by atoms with Gasteiger partial charge in [0.15, 0.2) is 0 Å². The summed E-state index contributed by atoms with van der Waals surface area (Å²) in [5.74, 6) is -0.903. The van der Waals surface area contributed by atoms with E-state index in [1.807, 2.05) is 49.4 Å². The number of benzene rings is 3. The molecule has 1 saturated heterocycles. The van der Waals surface area contributed by atoms with Crippen LogP contribution in [-0.2, 0) is 20.9 Å². The minimum atomic E-state index is -0.699. The topological polar surface area (TPSA) is 76.1 Å². The van der Waals surface area contributed by atoms with Gasteiger partial charge in [-0.1, -0.05) is 57.9 Å². The summed E-state index contributed by atoms with van der Waals surface area (Å²) in [5, 5.41) is 11.2. The van der Waals surface area contributed by atoms with Crippen molar-refractivity contribution >= 4 is 33.4 Å². The van der Waals surface area contributed by atoms with Crippen molar-refractivity contribution in [1.82, 2.24) is 4.90 Å². The zero-order chi connectivity index (χ0) is 25.7. The predicted molar refractivity (Wildman–Crippen MR) is 142 cm³/mol. The van der Waals surface area contributed by atoms with Crippen LogP contribution >= 0.6 is 15.9 Å². The number of hydrogen-bond donors (Lipinski definition) is 1. The first-order valence-corrected chi connectivity index (χ1v) is 12.5. The van der Waals surface area contributed by atoms with Gasteiger partial charge in [0.05, 0.1) is 11.6 Å². The van der Waals surface area contributed by atoms with Gasteiger partial charge in [-0.3, -0.25) is 9.59 Å². The average molecular weight is 550 g/mol. The number of aliphatic hydroxyl groups is 1. The number of carbonyl (C=O) groups excluding carboxylic acids is 2. The van der Waals surface area contributed by atoms with Gasteiger partial charge in [0.2, 0.25) is 0 Å². The molecule has 1 N–H and O–H groups in total. The van der Waals surface area contributed by atoms with E-state index in [-0.39, 0.29) is 11.3 Å². The fourth-order valence-electron chi connectivity index (χ4n) is 4.35. The van der Waals surface area contributed by atoms with Crippen molar-refractivity contribution in [2.45, 2.75) is 26.0 Å². The fraction of sp³-hybridized carbons (Fsp3) is 0.241. The van der Waals surface area contributed by atoms with Gasteiger partial charge in [-0.2, -0.15) is 0 Å². The Morgan fingerprint density at radius 3 is 2.47 bits per heavy atom. The molecule has 1 heterocycles. The summed E-state index contributed by atoms with van der Waals surface area (Å²) < 4.78 is 11.8. The maximum Gasteiger partial charge on any atom is 0.295 e. The number of nitrogens with zero attached hydrogens (tertiary/aromatic N) is 1. The van der Waals surface area contributed by atoms with Crippen molar-refractivity contribution in [3.63, 3.8) is 0 Å². The van der Waals surface area contributed by atoms with Gasteiger partial charge >= 0.3 is 0 Å². The Morgan fingerprint density at radius 1 is 1.03 bits per heavy atom. The number of carbonyl (C=O) groups is 2. The van der Waals surface area contributed by atoms with Crippen LogP contribution < -0.4 is 4.74 Å². The maximum atomic E-state index is 13.1. The van der Waals surface area contributed by atoms with E-state index in [1.54, 1.807) is 31.4 Å². The van der Waals surface area contributed by atoms with Crippen LogP contribution in [-0.4, -0.2) is 42.0 Å². The number of Topliss-reactive ketones (excluding diaryl/α,β-unsaturated/α-hetero) is 1. The highest BCUT2D eigenvalue weighted by Crippen LogP contribution is 2.40. The summed E-state index contributed by atoms with van der Waals surface area (Å²) in [6, 6.07) is 21.7. The van der Waals surface area contributed by atoms with Crippen molar-refractivity contribution in [3.8, 4) is 5.75 Å². The Labute approximate surface area is 219 Å². The number of likely N-dealkylation sites (tertiary alicyclic amines) is 1. The molecular weight excluding hydrogens is 522 g/mol. The van der Waals surface area contributed by atoms with E-state index in [2.05, 4.69) is 22.0 Å². The Morgan fingerprint density at radius 2 is 1.78 bits per heavy atom. The lowest BCUT2D eigenvalue weighted by atomic mass is 9.95. The van der Waals surface area contributed by atoms with Crippen LogP contribution in [0, 0.1) is 6.92 Å². The molecular formula is C29H28BrNO5. The zero-order valence-corrected chi connectivity index (χ0v) is 21.8. The highest BCUT2D eigenvalue weighted by atomic mass is 79.9. The molecule has 0 aromatic heterocycles. The Kier molecular flexibility index (Phi) is 8.23. The van der Waals surface area contributed by atoms with Gasteiger partial charge in [0.1, 0.15) is 18.1 Å². The first-order valence-electron chi connectivity index (χ1n) is 11.7. The van der Waals surface area contributed by atoms with E-state index in [4.69, 9.17) is 9.47 Å². The quantitative estimate of drug-likeness (QED) is 0.158. The largest absolute Gasteiger partial charge is 0.507 e. The predicted octanol–water partition coefficient (Wildman–Crippen LogP) is 5.79. The maximum absolute atomic E-state index is 13.1. The van der Waals surface area contributed by atoms with Crippen molar-refractivity contribution in [2.75, 3.05) is 20.3 Å². The summed E-state index contributed by atoms with van der Waals surface area (Å²) >= 11 is 3.47. The molecule has 7 heteroatoms. The molecule has 1 aliphatic rings. The third kappa shape index (κ3) is 5.69. The number of amides is 1. The molecule has 3 aromatic carbocycles. The lowest BCUT2D eigenvalue weighted by molar-refractivity contribution is -0.140. The molecule has 0 radical (unpaired) electrons.